The predicted molar refractivity (Wildman–Crippen MR) is 92.1 cm³/mol. The summed E-state index contributed by atoms with van der Waals surface area (Å²) in [5, 5.41) is 8.95. The molecule has 2 aromatic rings. The maximum absolute atomic E-state index is 12.7. The van der Waals surface area contributed by atoms with Crippen LogP contribution in [0.3, 0.4) is 0 Å². The summed E-state index contributed by atoms with van der Waals surface area (Å²) in [4.78, 5) is 0.0840. The Bertz CT molecular complexity index is 837. The molecule has 0 amide bonds. The molecule has 0 aromatic heterocycles. The van der Waals surface area contributed by atoms with Crippen LogP contribution < -0.4 is 9.46 Å². The normalized spacial score (nSPS) is 12.6. The molecule has 0 aliphatic rings. The fraction of sp³-hybridized carbons (Fsp3) is 0.278. The minimum Gasteiger partial charge on any atom is -0.497 e. The molecule has 0 bridgehead atoms. The monoisotopic (exact) mass is 344 g/mol. The molecule has 2 rings (SSSR count). The number of hydrogen-bond donors (Lipinski definition) is 1. The van der Waals surface area contributed by atoms with Crippen LogP contribution in [0.4, 0.5) is 0 Å². The fourth-order valence-corrected chi connectivity index (χ4v) is 3.79. The number of nitriles is 1. The second-order valence-electron chi connectivity index (χ2n) is 5.76. The van der Waals surface area contributed by atoms with Crippen molar-refractivity contribution in [1.82, 2.24) is 4.72 Å². The van der Waals surface area contributed by atoms with Crippen molar-refractivity contribution in [1.29, 1.82) is 5.26 Å². The van der Waals surface area contributed by atoms with E-state index in [-0.39, 0.29) is 16.9 Å². The number of hydrogen-bond acceptors (Lipinski definition) is 4. The SMILES string of the molecule is COc1ccc([C@@H](NS(=O)(=O)c2cccc(C#N)c2)C(C)C)cc1. The molecule has 126 valence electrons. The maximum atomic E-state index is 12.7. The second-order valence-corrected chi connectivity index (χ2v) is 7.47. The molecule has 2 aromatic carbocycles. The highest BCUT2D eigenvalue weighted by Gasteiger charge is 2.24. The zero-order chi connectivity index (χ0) is 17.7. The second kappa shape index (κ2) is 7.47. The van der Waals surface area contributed by atoms with Crippen molar-refractivity contribution >= 4 is 10.0 Å². The van der Waals surface area contributed by atoms with E-state index < -0.39 is 10.0 Å². The average Bonchev–Trinajstić information content (AvgIpc) is 2.59. The first-order valence-corrected chi connectivity index (χ1v) is 9.02. The highest BCUT2D eigenvalue weighted by Crippen LogP contribution is 2.26. The topological polar surface area (TPSA) is 79.2 Å². The lowest BCUT2D eigenvalue weighted by Gasteiger charge is -2.23. The van der Waals surface area contributed by atoms with Crippen LogP contribution >= 0.6 is 0 Å². The molecule has 1 N–H and O–H groups in total. The first-order valence-electron chi connectivity index (χ1n) is 7.54. The number of sulfonamides is 1. The van der Waals surface area contributed by atoms with Gasteiger partial charge in [0.2, 0.25) is 10.0 Å². The molecule has 0 fully saturated rings. The van der Waals surface area contributed by atoms with Gasteiger partial charge >= 0.3 is 0 Å². The van der Waals surface area contributed by atoms with Gasteiger partial charge < -0.3 is 4.74 Å². The van der Waals surface area contributed by atoms with Crippen molar-refractivity contribution in [3.63, 3.8) is 0 Å². The van der Waals surface area contributed by atoms with Gasteiger partial charge in [0.15, 0.2) is 0 Å². The van der Waals surface area contributed by atoms with Crippen LogP contribution in [0.2, 0.25) is 0 Å². The third-order valence-electron chi connectivity index (χ3n) is 3.70. The number of nitrogens with zero attached hydrogens (tertiary/aromatic N) is 1. The number of methoxy groups -OCH3 is 1. The minimum absolute atomic E-state index is 0.0484. The number of benzene rings is 2. The third kappa shape index (κ3) is 4.13. The summed E-state index contributed by atoms with van der Waals surface area (Å²) in [7, 11) is -2.15. The summed E-state index contributed by atoms with van der Waals surface area (Å²) in [5.41, 5.74) is 1.16. The predicted octanol–water partition coefficient (Wildman–Crippen LogP) is 3.24. The molecule has 24 heavy (non-hydrogen) atoms. The van der Waals surface area contributed by atoms with Crippen LogP contribution in [-0.4, -0.2) is 15.5 Å². The van der Waals surface area contributed by atoms with E-state index >= 15 is 0 Å². The van der Waals surface area contributed by atoms with Crippen molar-refractivity contribution in [2.45, 2.75) is 24.8 Å². The summed E-state index contributed by atoms with van der Waals surface area (Å²) in [6.45, 7) is 3.90. The third-order valence-corrected chi connectivity index (χ3v) is 5.14. The van der Waals surface area contributed by atoms with Gasteiger partial charge in [-0.1, -0.05) is 32.0 Å². The zero-order valence-corrected chi connectivity index (χ0v) is 14.7. The van der Waals surface area contributed by atoms with Gasteiger partial charge in [-0.05, 0) is 41.8 Å². The Labute approximate surface area is 142 Å². The van der Waals surface area contributed by atoms with E-state index in [0.717, 1.165) is 5.56 Å². The van der Waals surface area contributed by atoms with Gasteiger partial charge in [0.05, 0.1) is 23.6 Å². The van der Waals surface area contributed by atoms with Crippen molar-refractivity contribution < 1.29 is 13.2 Å². The summed E-state index contributed by atoms with van der Waals surface area (Å²) >= 11 is 0. The van der Waals surface area contributed by atoms with Gasteiger partial charge in [0, 0.05) is 6.04 Å². The van der Waals surface area contributed by atoms with Crippen molar-refractivity contribution in [3.8, 4) is 11.8 Å². The molecular weight excluding hydrogens is 324 g/mol. The Morgan fingerprint density at radius 3 is 2.33 bits per heavy atom. The molecule has 1 atom stereocenters. The van der Waals surface area contributed by atoms with Crippen LogP contribution in [0, 0.1) is 17.2 Å². The van der Waals surface area contributed by atoms with E-state index in [2.05, 4.69) is 4.72 Å². The lowest BCUT2D eigenvalue weighted by molar-refractivity contribution is 0.413. The molecule has 0 radical (unpaired) electrons. The largest absolute Gasteiger partial charge is 0.497 e. The average molecular weight is 344 g/mol. The van der Waals surface area contributed by atoms with Crippen LogP contribution in [-0.2, 0) is 10.0 Å². The smallest absolute Gasteiger partial charge is 0.241 e. The first kappa shape index (κ1) is 18.0. The lowest BCUT2D eigenvalue weighted by Crippen LogP contribution is -2.31. The maximum Gasteiger partial charge on any atom is 0.241 e. The van der Waals surface area contributed by atoms with Gasteiger partial charge in [-0.15, -0.1) is 0 Å². The van der Waals surface area contributed by atoms with Crippen LogP contribution in [0.1, 0.15) is 31.0 Å². The van der Waals surface area contributed by atoms with E-state index in [1.807, 2.05) is 32.0 Å². The molecule has 5 nitrogen and oxygen atoms in total. The van der Waals surface area contributed by atoms with Gasteiger partial charge in [-0.3, -0.25) is 0 Å². The molecule has 0 aliphatic heterocycles. The molecular formula is C18H20N2O3S. The quantitative estimate of drug-likeness (QED) is 0.872. The molecule has 6 heteroatoms. The Hall–Kier alpha value is -2.36. The van der Waals surface area contributed by atoms with Gasteiger partial charge in [-0.25, -0.2) is 13.1 Å². The number of rotatable bonds is 6. The Balaban J connectivity index is 2.33. The van der Waals surface area contributed by atoms with E-state index in [4.69, 9.17) is 10.00 Å². The number of ether oxygens (including phenoxy) is 1. The van der Waals surface area contributed by atoms with E-state index in [0.29, 0.717) is 11.3 Å². The van der Waals surface area contributed by atoms with Crippen molar-refractivity contribution in [2.75, 3.05) is 7.11 Å². The van der Waals surface area contributed by atoms with Crippen LogP contribution in [0.5, 0.6) is 5.75 Å². The minimum atomic E-state index is -3.73. The number of nitrogens with one attached hydrogen (secondary N) is 1. The van der Waals surface area contributed by atoms with E-state index in [1.54, 1.807) is 31.4 Å². The lowest BCUT2D eigenvalue weighted by atomic mass is 9.97. The molecule has 0 spiro atoms. The molecule has 0 unspecified atom stereocenters. The fourth-order valence-electron chi connectivity index (χ4n) is 2.37. The van der Waals surface area contributed by atoms with Crippen molar-refractivity contribution in [3.05, 3.63) is 59.7 Å². The molecule has 0 saturated heterocycles. The van der Waals surface area contributed by atoms with E-state index in [9.17, 15) is 8.42 Å². The molecule has 0 heterocycles. The molecule has 0 aliphatic carbocycles. The summed E-state index contributed by atoms with van der Waals surface area (Å²) in [5.74, 6) is 0.762. The summed E-state index contributed by atoms with van der Waals surface area (Å²) in [6, 6.07) is 14.8. The first-order chi connectivity index (χ1) is 11.4. The highest BCUT2D eigenvalue weighted by molar-refractivity contribution is 7.89. The molecule has 0 saturated carbocycles. The van der Waals surface area contributed by atoms with Crippen LogP contribution in [0.25, 0.3) is 0 Å². The van der Waals surface area contributed by atoms with Gasteiger partial charge in [-0.2, -0.15) is 5.26 Å². The Morgan fingerprint density at radius 2 is 1.79 bits per heavy atom. The van der Waals surface area contributed by atoms with Gasteiger partial charge in [0.1, 0.15) is 5.75 Å². The van der Waals surface area contributed by atoms with Crippen LogP contribution in [0.15, 0.2) is 53.4 Å². The summed E-state index contributed by atoms with van der Waals surface area (Å²) < 4.78 is 33.2. The zero-order valence-electron chi connectivity index (χ0n) is 13.9. The van der Waals surface area contributed by atoms with Crippen molar-refractivity contribution in [2.24, 2.45) is 5.92 Å². The standard InChI is InChI=1S/C18H20N2O3S/c1-13(2)18(15-7-9-16(23-3)10-8-15)20-24(21,22)17-6-4-5-14(11-17)12-19/h4-11,13,18,20H,1-3H3/t18-/m0/s1. The van der Waals surface area contributed by atoms with Gasteiger partial charge in [0.25, 0.3) is 0 Å². The Kier molecular flexibility index (Phi) is 5.60. The highest BCUT2D eigenvalue weighted by atomic mass is 32.2. The Morgan fingerprint density at radius 1 is 1.12 bits per heavy atom. The summed E-state index contributed by atoms with van der Waals surface area (Å²) in [6.07, 6.45) is 0. The van der Waals surface area contributed by atoms with E-state index in [1.165, 1.54) is 12.1 Å².